The number of hydrogen-bond acceptors (Lipinski definition) is 4. The van der Waals surface area contributed by atoms with Crippen LogP contribution in [0.15, 0.2) is 24.3 Å². The van der Waals surface area contributed by atoms with E-state index in [1.54, 1.807) is 0 Å². The molecular formula is C34H38N4NiO4. The number of H-pyrrole nitrogens is 2. The van der Waals surface area contributed by atoms with E-state index < -0.39 is 11.9 Å². The standard InChI is InChI=1S/C34H38N4O4.Ni/c1-7-21-17(3)25-13-26-19(5)23(9-11-33(39)40)31(37-26)16-32-24(10-12-34(41)42)20(6)28(38-32)15-30-22(8-2)18(4)27(36-30)14-29(21)35-25;/h13-16,35-36H,7-12H2,1-6H3,(H,39,40)(H,41,42);. The molecule has 0 aliphatic carbocycles. The number of aromatic amines is 2. The number of carboxylic acids is 2. The fourth-order valence-corrected chi connectivity index (χ4v) is 6.22. The average molecular weight is 625 g/mol. The van der Waals surface area contributed by atoms with Crippen LogP contribution in [0.2, 0.25) is 0 Å². The molecule has 5 rings (SSSR count). The first-order chi connectivity index (χ1) is 20.0. The zero-order valence-electron chi connectivity index (χ0n) is 25.5. The van der Waals surface area contributed by atoms with Crippen molar-refractivity contribution in [2.45, 2.75) is 80.1 Å². The molecule has 8 nitrogen and oxygen atoms in total. The minimum atomic E-state index is -0.869. The van der Waals surface area contributed by atoms with Gasteiger partial charge >= 0.3 is 11.9 Å². The third kappa shape index (κ3) is 6.09. The van der Waals surface area contributed by atoms with Crippen LogP contribution in [-0.2, 0) is 38.9 Å². The second kappa shape index (κ2) is 12.7. The summed E-state index contributed by atoms with van der Waals surface area (Å²) in [6.07, 6.45) is 2.37. The summed E-state index contributed by atoms with van der Waals surface area (Å²) in [5.74, 6) is -1.74. The van der Waals surface area contributed by atoms with Crippen LogP contribution in [0.1, 0.15) is 98.4 Å². The van der Waals surface area contributed by atoms with Crippen molar-refractivity contribution < 1.29 is 36.3 Å². The first-order valence-corrected chi connectivity index (χ1v) is 14.6. The van der Waals surface area contributed by atoms with Gasteiger partial charge in [-0.3, -0.25) is 9.59 Å². The minimum absolute atomic E-state index is 0. The summed E-state index contributed by atoms with van der Waals surface area (Å²) in [5, 5.41) is 18.9. The normalized spacial score (nSPS) is 13.0. The molecule has 0 atom stereocenters. The maximum Gasteiger partial charge on any atom is 0.303 e. The monoisotopic (exact) mass is 624 g/mol. The van der Waals surface area contributed by atoms with Gasteiger partial charge in [0.1, 0.15) is 0 Å². The van der Waals surface area contributed by atoms with E-state index in [2.05, 4.69) is 49.8 Å². The average Bonchev–Trinajstić information content (AvgIpc) is 3.59. The van der Waals surface area contributed by atoms with Crippen molar-refractivity contribution in [2.24, 2.45) is 0 Å². The van der Waals surface area contributed by atoms with Gasteiger partial charge in [0.05, 0.1) is 22.8 Å². The van der Waals surface area contributed by atoms with Gasteiger partial charge in [-0.05, 0) is 122 Å². The molecule has 9 heteroatoms. The van der Waals surface area contributed by atoms with Crippen LogP contribution in [0.5, 0.6) is 0 Å². The first-order valence-electron chi connectivity index (χ1n) is 14.6. The second-order valence-corrected chi connectivity index (χ2v) is 11.2. The smallest absolute Gasteiger partial charge is 0.303 e. The summed E-state index contributed by atoms with van der Waals surface area (Å²) in [7, 11) is 0. The molecule has 8 bridgehead atoms. The maximum atomic E-state index is 11.5. The topological polar surface area (TPSA) is 132 Å². The SMILES string of the molecule is CCc1c(C)c2cc3[nH]c(cc4nc(cc5nc(cc1[nH]2)C(C)=C5CCC(=O)O)C(CCC(=O)O)=C4C)c(C)c3CC.[Ni]. The fraction of sp³-hybridized carbons (Fsp3) is 0.353. The Morgan fingerprint density at radius 2 is 1.02 bits per heavy atom. The van der Waals surface area contributed by atoms with Crippen molar-refractivity contribution in [3.05, 3.63) is 69.3 Å². The molecule has 0 spiro atoms. The minimum Gasteiger partial charge on any atom is -0.481 e. The molecule has 2 aliphatic heterocycles. The van der Waals surface area contributed by atoms with Gasteiger partial charge in [-0.2, -0.15) is 0 Å². The van der Waals surface area contributed by atoms with Gasteiger partial charge in [0.2, 0.25) is 0 Å². The third-order valence-electron chi connectivity index (χ3n) is 8.69. The Labute approximate surface area is 261 Å². The molecule has 0 unspecified atom stereocenters. The van der Waals surface area contributed by atoms with Crippen molar-refractivity contribution in [1.82, 2.24) is 19.9 Å². The van der Waals surface area contributed by atoms with E-state index in [0.29, 0.717) is 24.2 Å². The number of aromatic nitrogens is 4. The van der Waals surface area contributed by atoms with Gasteiger partial charge in [0.25, 0.3) is 0 Å². The van der Waals surface area contributed by atoms with Gasteiger partial charge in [-0.25, -0.2) is 9.97 Å². The van der Waals surface area contributed by atoms with E-state index >= 15 is 0 Å². The Hall–Kier alpha value is -3.97. The molecule has 0 radical (unpaired) electrons. The summed E-state index contributed by atoms with van der Waals surface area (Å²) in [6.45, 7) is 12.5. The number of nitrogens with one attached hydrogen (secondary N) is 2. The van der Waals surface area contributed by atoms with E-state index in [1.165, 1.54) is 16.7 Å². The molecule has 0 fully saturated rings. The van der Waals surface area contributed by atoms with E-state index in [9.17, 15) is 19.8 Å². The van der Waals surface area contributed by atoms with Crippen LogP contribution in [0.3, 0.4) is 0 Å². The molecule has 228 valence electrons. The fourth-order valence-electron chi connectivity index (χ4n) is 6.22. The van der Waals surface area contributed by atoms with Crippen molar-refractivity contribution in [1.29, 1.82) is 0 Å². The molecule has 0 aromatic carbocycles. The Bertz CT molecular complexity index is 1860. The number of rotatable bonds is 8. The predicted octanol–water partition coefficient (Wildman–Crippen LogP) is 7.64. The number of carbonyl (C=O) groups is 2. The Kier molecular flexibility index (Phi) is 9.45. The summed E-state index contributed by atoms with van der Waals surface area (Å²) in [6, 6.07) is 8.19. The molecule has 4 N–H and O–H groups in total. The van der Waals surface area contributed by atoms with E-state index in [0.717, 1.165) is 74.2 Å². The summed E-state index contributed by atoms with van der Waals surface area (Å²) >= 11 is 0. The van der Waals surface area contributed by atoms with Gasteiger partial charge in [-0.1, -0.05) is 13.8 Å². The zero-order valence-corrected chi connectivity index (χ0v) is 26.5. The number of hydrogen-bond donors (Lipinski definition) is 4. The first kappa shape index (κ1) is 32.0. The molecular weight excluding hydrogens is 587 g/mol. The summed E-state index contributed by atoms with van der Waals surface area (Å²) in [4.78, 5) is 40.3. The molecule has 3 aromatic heterocycles. The maximum absolute atomic E-state index is 11.5. The third-order valence-corrected chi connectivity index (χ3v) is 8.69. The summed E-state index contributed by atoms with van der Waals surface area (Å²) in [5.41, 5.74) is 15.4. The van der Waals surface area contributed by atoms with Gasteiger partial charge in [0, 0.05) is 51.4 Å². The largest absolute Gasteiger partial charge is 0.481 e. The number of allylic oxidation sites excluding steroid dienone is 4. The zero-order chi connectivity index (χ0) is 30.3. The second-order valence-electron chi connectivity index (χ2n) is 11.2. The Morgan fingerprint density at radius 3 is 1.44 bits per heavy atom. The Balaban J connectivity index is 0.00000423. The summed E-state index contributed by atoms with van der Waals surface area (Å²) < 4.78 is 0. The van der Waals surface area contributed by atoms with Crippen LogP contribution in [0.25, 0.3) is 44.4 Å². The van der Waals surface area contributed by atoms with Crippen LogP contribution in [0.4, 0.5) is 0 Å². The van der Waals surface area contributed by atoms with E-state index in [4.69, 9.17) is 9.97 Å². The predicted molar refractivity (Wildman–Crippen MR) is 168 cm³/mol. The van der Waals surface area contributed by atoms with Crippen LogP contribution >= 0.6 is 0 Å². The van der Waals surface area contributed by atoms with E-state index in [-0.39, 0.29) is 29.3 Å². The van der Waals surface area contributed by atoms with Crippen molar-refractivity contribution in [3.63, 3.8) is 0 Å². The van der Waals surface area contributed by atoms with E-state index in [1.807, 2.05) is 26.0 Å². The number of nitrogens with zero attached hydrogens (tertiary/aromatic N) is 2. The van der Waals surface area contributed by atoms with Gasteiger partial charge < -0.3 is 20.2 Å². The van der Waals surface area contributed by atoms with Crippen molar-refractivity contribution in [2.75, 3.05) is 0 Å². The van der Waals surface area contributed by atoms with Crippen LogP contribution in [-0.4, -0.2) is 42.1 Å². The number of aliphatic carboxylic acids is 2. The van der Waals surface area contributed by atoms with Gasteiger partial charge in [-0.15, -0.1) is 0 Å². The molecule has 0 amide bonds. The molecule has 5 heterocycles. The van der Waals surface area contributed by atoms with Crippen LogP contribution in [0, 0.1) is 13.8 Å². The Morgan fingerprint density at radius 1 is 0.628 bits per heavy atom. The quantitative estimate of drug-likeness (QED) is 0.190. The van der Waals surface area contributed by atoms with Crippen molar-refractivity contribution in [3.8, 4) is 0 Å². The van der Waals surface area contributed by atoms with Crippen LogP contribution < -0.4 is 0 Å². The molecule has 43 heavy (non-hydrogen) atoms. The molecule has 2 aliphatic rings. The number of fused-ring (bicyclic) bond motifs is 8. The number of aryl methyl sites for hydroxylation is 4. The van der Waals surface area contributed by atoms with Crippen molar-refractivity contribution >= 4 is 56.3 Å². The molecule has 0 saturated carbocycles. The molecule has 0 saturated heterocycles. The van der Waals surface area contributed by atoms with Gasteiger partial charge in [0.15, 0.2) is 0 Å². The number of carboxylic acid groups (broad SMARTS) is 2. The molecule has 3 aromatic rings.